The van der Waals surface area contributed by atoms with Crippen LogP contribution in [0.4, 0.5) is 10.4 Å². The molecule has 0 bridgehead atoms. The van der Waals surface area contributed by atoms with Crippen molar-refractivity contribution in [2.75, 3.05) is 18.0 Å². The number of benzene rings is 1. The van der Waals surface area contributed by atoms with Gasteiger partial charge >= 0.3 is 0 Å². The van der Waals surface area contributed by atoms with Crippen LogP contribution in [0.25, 0.3) is 11.1 Å². The van der Waals surface area contributed by atoms with E-state index in [1.807, 2.05) is 10.9 Å². The molecular weight excluding hydrogens is 339 g/mol. The van der Waals surface area contributed by atoms with Crippen LogP contribution in [0.5, 0.6) is 0 Å². The van der Waals surface area contributed by atoms with Gasteiger partial charge in [-0.15, -0.1) is 0 Å². The molecule has 0 aliphatic carbocycles. The molecule has 1 fully saturated rings. The van der Waals surface area contributed by atoms with E-state index in [4.69, 9.17) is 4.42 Å². The van der Waals surface area contributed by atoms with Gasteiger partial charge in [0, 0.05) is 25.4 Å². The van der Waals surface area contributed by atoms with Gasteiger partial charge in [-0.2, -0.15) is 10.1 Å². The Labute approximate surface area is 128 Å². The molecule has 4 rings (SSSR count). The molecule has 0 N–H and O–H groups in total. The van der Waals surface area contributed by atoms with Gasteiger partial charge < -0.3 is 9.32 Å². The van der Waals surface area contributed by atoms with Gasteiger partial charge in [0.15, 0.2) is 5.58 Å². The van der Waals surface area contributed by atoms with E-state index in [0.717, 1.165) is 24.0 Å². The van der Waals surface area contributed by atoms with Crippen molar-refractivity contribution in [3.05, 3.63) is 40.9 Å². The van der Waals surface area contributed by atoms with Crippen LogP contribution in [-0.2, 0) is 0 Å². The molecule has 1 unspecified atom stereocenters. The fraction of sp³-hybridized carbons (Fsp3) is 0.286. The molecule has 108 valence electrons. The Kier molecular flexibility index (Phi) is 2.95. The maximum absolute atomic E-state index is 13.2. The van der Waals surface area contributed by atoms with E-state index in [-0.39, 0.29) is 5.82 Å². The Morgan fingerprint density at radius 2 is 2.29 bits per heavy atom. The summed E-state index contributed by atoms with van der Waals surface area (Å²) in [6.45, 7) is 1.63. The third-order valence-corrected chi connectivity index (χ3v) is 4.13. The maximum atomic E-state index is 13.2. The van der Waals surface area contributed by atoms with Gasteiger partial charge in [-0.1, -0.05) is 0 Å². The molecule has 5 nitrogen and oxygen atoms in total. The van der Waals surface area contributed by atoms with Crippen molar-refractivity contribution in [3.8, 4) is 0 Å². The molecule has 0 saturated carbocycles. The molecule has 21 heavy (non-hydrogen) atoms. The first-order chi connectivity index (χ1) is 10.2. The number of anilines is 1. The van der Waals surface area contributed by atoms with Crippen molar-refractivity contribution >= 4 is 33.0 Å². The van der Waals surface area contributed by atoms with Crippen molar-refractivity contribution in [1.29, 1.82) is 0 Å². The second-order valence-corrected chi connectivity index (χ2v) is 6.05. The Hall–Kier alpha value is -1.89. The van der Waals surface area contributed by atoms with Gasteiger partial charge in [0.1, 0.15) is 11.3 Å². The molecule has 3 heterocycles. The van der Waals surface area contributed by atoms with Crippen molar-refractivity contribution in [1.82, 2.24) is 14.8 Å². The average Bonchev–Trinajstić information content (AvgIpc) is 3.14. The topological polar surface area (TPSA) is 47.1 Å². The molecule has 1 aliphatic rings. The summed E-state index contributed by atoms with van der Waals surface area (Å²) >= 11 is 3.41. The zero-order valence-corrected chi connectivity index (χ0v) is 12.6. The van der Waals surface area contributed by atoms with Gasteiger partial charge in [-0.25, -0.2) is 4.39 Å². The lowest BCUT2D eigenvalue weighted by Gasteiger charge is -2.13. The molecular formula is C14H12BrFN4O. The van der Waals surface area contributed by atoms with Crippen LogP contribution in [0.2, 0.25) is 0 Å². The lowest BCUT2D eigenvalue weighted by Crippen LogP contribution is -2.21. The van der Waals surface area contributed by atoms with E-state index in [1.54, 1.807) is 12.3 Å². The quantitative estimate of drug-likeness (QED) is 0.710. The standard InChI is InChI=1S/C14H12BrFN4O/c15-9-6-17-20(7-9)11-3-4-19(8-11)14-18-12-5-10(16)1-2-13(12)21-14/h1-2,5-7,11H,3-4,8H2. The summed E-state index contributed by atoms with van der Waals surface area (Å²) in [5, 5.41) is 4.32. The smallest absolute Gasteiger partial charge is 0.298 e. The summed E-state index contributed by atoms with van der Waals surface area (Å²) < 4.78 is 21.8. The highest BCUT2D eigenvalue weighted by molar-refractivity contribution is 9.10. The van der Waals surface area contributed by atoms with Crippen LogP contribution in [0, 0.1) is 5.82 Å². The van der Waals surface area contributed by atoms with Crippen molar-refractivity contribution in [2.45, 2.75) is 12.5 Å². The van der Waals surface area contributed by atoms with E-state index in [9.17, 15) is 4.39 Å². The minimum Gasteiger partial charge on any atom is -0.423 e. The number of halogens is 2. The molecule has 1 aliphatic heterocycles. The number of aromatic nitrogens is 3. The number of fused-ring (bicyclic) bond motifs is 1. The van der Waals surface area contributed by atoms with Gasteiger partial charge in [0.2, 0.25) is 0 Å². The lowest BCUT2D eigenvalue weighted by molar-refractivity contribution is 0.490. The van der Waals surface area contributed by atoms with Crippen molar-refractivity contribution in [2.24, 2.45) is 0 Å². The Morgan fingerprint density at radius 1 is 1.38 bits per heavy atom. The largest absolute Gasteiger partial charge is 0.423 e. The second-order valence-electron chi connectivity index (χ2n) is 5.14. The minimum absolute atomic E-state index is 0.294. The number of rotatable bonds is 2. The SMILES string of the molecule is Fc1ccc2oc(N3CCC(n4cc(Br)cn4)C3)nc2c1. The molecule has 1 atom stereocenters. The third-order valence-electron chi connectivity index (χ3n) is 3.72. The van der Waals surface area contributed by atoms with Crippen molar-refractivity contribution in [3.63, 3.8) is 0 Å². The molecule has 2 aromatic heterocycles. The Balaban J connectivity index is 1.59. The zero-order valence-electron chi connectivity index (χ0n) is 11.0. The molecule has 0 spiro atoms. The highest BCUT2D eigenvalue weighted by Crippen LogP contribution is 2.29. The first-order valence-electron chi connectivity index (χ1n) is 6.70. The van der Waals surface area contributed by atoms with Gasteiger partial charge in [0.25, 0.3) is 6.01 Å². The number of hydrogen-bond donors (Lipinski definition) is 0. The van der Waals surface area contributed by atoms with E-state index in [1.165, 1.54) is 12.1 Å². The minimum atomic E-state index is -0.303. The fourth-order valence-corrected chi connectivity index (χ4v) is 2.97. The van der Waals surface area contributed by atoms with Crippen LogP contribution in [-0.4, -0.2) is 27.9 Å². The van der Waals surface area contributed by atoms with Crippen LogP contribution >= 0.6 is 15.9 Å². The molecule has 3 aromatic rings. The van der Waals surface area contributed by atoms with Crippen LogP contribution in [0.15, 0.2) is 39.5 Å². The predicted molar refractivity (Wildman–Crippen MR) is 79.8 cm³/mol. The van der Waals surface area contributed by atoms with Crippen LogP contribution in [0.1, 0.15) is 12.5 Å². The molecule has 0 amide bonds. The molecule has 1 saturated heterocycles. The summed E-state index contributed by atoms with van der Waals surface area (Å²) in [4.78, 5) is 6.44. The molecule has 7 heteroatoms. The normalized spacial score (nSPS) is 18.8. The summed E-state index contributed by atoms with van der Waals surface area (Å²) in [7, 11) is 0. The van der Waals surface area contributed by atoms with Crippen LogP contribution in [0.3, 0.4) is 0 Å². The van der Waals surface area contributed by atoms with Gasteiger partial charge in [-0.05, 0) is 34.5 Å². The highest BCUT2D eigenvalue weighted by atomic mass is 79.9. The Bertz CT molecular complexity index is 799. The average molecular weight is 351 g/mol. The third kappa shape index (κ3) is 2.31. The van der Waals surface area contributed by atoms with Crippen LogP contribution < -0.4 is 4.90 Å². The summed E-state index contributed by atoms with van der Waals surface area (Å²) in [5.74, 6) is -0.303. The lowest BCUT2D eigenvalue weighted by atomic mass is 10.3. The summed E-state index contributed by atoms with van der Waals surface area (Å²) in [6, 6.07) is 5.22. The fourth-order valence-electron chi connectivity index (χ4n) is 2.67. The maximum Gasteiger partial charge on any atom is 0.298 e. The predicted octanol–water partition coefficient (Wildman–Crippen LogP) is 3.38. The number of nitrogens with zero attached hydrogens (tertiary/aromatic N) is 4. The van der Waals surface area contributed by atoms with E-state index < -0.39 is 0 Å². The van der Waals surface area contributed by atoms with E-state index in [2.05, 4.69) is 30.9 Å². The van der Waals surface area contributed by atoms with Gasteiger partial charge in [0.05, 0.1) is 16.7 Å². The van der Waals surface area contributed by atoms with Crippen molar-refractivity contribution < 1.29 is 8.81 Å². The number of hydrogen-bond acceptors (Lipinski definition) is 4. The van der Waals surface area contributed by atoms with Gasteiger partial charge in [-0.3, -0.25) is 4.68 Å². The monoisotopic (exact) mass is 350 g/mol. The first-order valence-corrected chi connectivity index (χ1v) is 7.49. The van der Waals surface area contributed by atoms with E-state index in [0.29, 0.717) is 23.2 Å². The highest BCUT2D eigenvalue weighted by Gasteiger charge is 2.27. The second kappa shape index (κ2) is 4.84. The summed E-state index contributed by atoms with van der Waals surface area (Å²) in [5.41, 5.74) is 1.16. The molecule has 0 radical (unpaired) electrons. The number of oxazole rings is 1. The Morgan fingerprint density at radius 3 is 3.10 bits per heavy atom. The zero-order chi connectivity index (χ0) is 14.4. The molecule has 1 aromatic carbocycles. The summed E-state index contributed by atoms with van der Waals surface area (Å²) in [6.07, 6.45) is 4.72. The first kappa shape index (κ1) is 12.8. The van der Waals surface area contributed by atoms with E-state index >= 15 is 0 Å².